The van der Waals surface area contributed by atoms with Crippen molar-refractivity contribution in [2.45, 2.75) is 52.1 Å². The fourth-order valence-electron chi connectivity index (χ4n) is 2.84. The minimum Gasteiger partial charge on any atom is -0.458 e. The summed E-state index contributed by atoms with van der Waals surface area (Å²) in [5, 5.41) is 0. The number of rotatable bonds is 0. The van der Waals surface area contributed by atoms with Crippen molar-refractivity contribution < 1.29 is 9.53 Å². The third-order valence-electron chi connectivity index (χ3n) is 4.07. The maximum atomic E-state index is 11.7. The standard InChI is InChI=1S/C15H22O2/c1-10-5-4-6-11(2)9-14-13(8-7-10)12(3)15(16)17-14/h9,12-14H,1,4-8H2,2-3H3/b11-9+/t12-,13-,14+/m0/s1. The van der Waals surface area contributed by atoms with Crippen LogP contribution in [0.25, 0.3) is 0 Å². The third kappa shape index (κ3) is 2.80. The Balaban J connectivity index is 2.18. The lowest BCUT2D eigenvalue weighted by Crippen LogP contribution is -2.18. The largest absolute Gasteiger partial charge is 0.458 e. The first-order chi connectivity index (χ1) is 8.08. The van der Waals surface area contributed by atoms with Crippen LogP contribution in [0.2, 0.25) is 0 Å². The van der Waals surface area contributed by atoms with Gasteiger partial charge >= 0.3 is 5.97 Å². The minimum atomic E-state index is -0.0334. The van der Waals surface area contributed by atoms with E-state index in [9.17, 15) is 4.79 Å². The first-order valence-corrected chi connectivity index (χ1v) is 6.62. The molecule has 0 spiro atoms. The van der Waals surface area contributed by atoms with Crippen LogP contribution in [-0.2, 0) is 9.53 Å². The maximum absolute atomic E-state index is 11.7. The lowest BCUT2D eigenvalue weighted by molar-refractivity contribution is -0.142. The van der Waals surface area contributed by atoms with E-state index >= 15 is 0 Å². The Kier molecular flexibility index (Phi) is 3.70. The molecule has 0 radical (unpaired) electrons. The molecule has 94 valence electrons. The Morgan fingerprint density at radius 2 is 2.12 bits per heavy atom. The zero-order chi connectivity index (χ0) is 12.4. The topological polar surface area (TPSA) is 26.3 Å². The van der Waals surface area contributed by atoms with Gasteiger partial charge in [-0.15, -0.1) is 0 Å². The molecule has 2 rings (SSSR count). The summed E-state index contributed by atoms with van der Waals surface area (Å²) in [7, 11) is 0. The molecule has 2 aliphatic rings. The predicted molar refractivity (Wildman–Crippen MR) is 68.5 cm³/mol. The molecule has 1 aliphatic heterocycles. The summed E-state index contributed by atoms with van der Waals surface area (Å²) in [6.07, 6.45) is 7.61. The molecular formula is C15H22O2. The highest BCUT2D eigenvalue weighted by Crippen LogP contribution is 2.35. The highest BCUT2D eigenvalue weighted by atomic mass is 16.6. The third-order valence-corrected chi connectivity index (χ3v) is 4.07. The van der Waals surface area contributed by atoms with Crippen molar-refractivity contribution in [3.05, 3.63) is 23.8 Å². The summed E-state index contributed by atoms with van der Waals surface area (Å²) in [5.74, 6) is 0.345. The molecule has 0 aromatic rings. The summed E-state index contributed by atoms with van der Waals surface area (Å²) < 4.78 is 5.47. The van der Waals surface area contributed by atoms with E-state index in [-0.39, 0.29) is 18.0 Å². The van der Waals surface area contributed by atoms with Gasteiger partial charge in [0.05, 0.1) is 5.92 Å². The van der Waals surface area contributed by atoms with Crippen molar-refractivity contribution in [1.82, 2.24) is 0 Å². The second kappa shape index (κ2) is 5.07. The smallest absolute Gasteiger partial charge is 0.309 e. The van der Waals surface area contributed by atoms with Crippen LogP contribution in [0, 0.1) is 11.8 Å². The zero-order valence-electron chi connectivity index (χ0n) is 10.9. The molecule has 3 atom stereocenters. The molecule has 1 heterocycles. The first kappa shape index (κ1) is 12.4. The average molecular weight is 234 g/mol. The summed E-state index contributed by atoms with van der Waals surface area (Å²) >= 11 is 0. The van der Waals surface area contributed by atoms with Gasteiger partial charge in [0.2, 0.25) is 0 Å². The number of carbonyl (C=O) groups is 1. The van der Waals surface area contributed by atoms with Crippen LogP contribution >= 0.6 is 0 Å². The molecule has 0 unspecified atom stereocenters. The summed E-state index contributed by atoms with van der Waals surface area (Å²) in [5.41, 5.74) is 2.67. The number of fused-ring (bicyclic) bond motifs is 1. The van der Waals surface area contributed by atoms with E-state index in [0.717, 1.165) is 25.7 Å². The Morgan fingerprint density at radius 3 is 2.88 bits per heavy atom. The number of allylic oxidation sites excluding steroid dienone is 2. The minimum absolute atomic E-state index is 0.00315. The Morgan fingerprint density at radius 1 is 1.35 bits per heavy atom. The number of esters is 1. The highest BCUT2D eigenvalue weighted by molar-refractivity contribution is 5.75. The van der Waals surface area contributed by atoms with Crippen LogP contribution in [0.15, 0.2) is 23.8 Å². The molecule has 0 amide bonds. The van der Waals surface area contributed by atoms with Crippen LogP contribution in [0.4, 0.5) is 0 Å². The van der Waals surface area contributed by atoms with E-state index in [2.05, 4.69) is 19.6 Å². The fraction of sp³-hybridized carbons (Fsp3) is 0.667. The van der Waals surface area contributed by atoms with E-state index in [0.29, 0.717) is 5.92 Å². The SMILES string of the molecule is C=C1CCC/C(C)=C/[C@H]2OC(=O)[C@@H](C)[C@@H]2CC1. The van der Waals surface area contributed by atoms with Gasteiger partial charge in [0.1, 0.15) is 6.10 Å². The van der Waals surface area contributed by atoms with Gasteiger partial charge in [0.25, 0.3) is 0 Å². The van der Waals surface area contributed by atoms with Crippen LogP contribution in [0.1, 0.15) is 46.0 Å². The fourth-order valence-corrected chi connectivity index (χ4v) is 2.84. The lowest BCUT2D eigenvalue weighted by Gasteiger charge is -2.20. The molecule has 0 N–H and O–H groups in total. The van der Waals surface area contributed by atoms with Crippen LogP contribution < -0.4 is 0 Å². The van der Waals surface area contributed by atoms with Crippen molar-refractivity contribution in [3.8, 4) is 0 Å². The van der Waals surface area contributed by atoms with Gasteiger partial charge < -0.3 is 4.74 Å². The van der Waals surface area contributed by atoms with Crippen LogP contribution in [-0.4, -0.2) is 12.1 Å². The molecule has 1 fully saturated rings. The molecule has 0 aromatic carbocycles. The molecule has 2 nitrogen and oxygen atoms in total. The van der Waals surface area contributed by atoms with Crippen molar-refractivity contribution in [2.75, 3.05) is 0 Å². The zero-order valence-corrected chi connectivity index (χ0v) is 10.9. The molecule has 0 saturated carbocycles. The lowest BCUT2D eigenvalue weighted by atomic mass is 9.84. The quantitative estimate of drug-likeness (QED) is 0.472. The molecule has 1 saturated heterocycles. The molecule has 0 aromatic heterocycles. The molecular weight excluding hydrogens is 212 g/mol. The Bertz CT molecular complexity index is 354. The maximum Gasteiger partial charge on any atom is 0.309 e. The summed E-state index contributed by atoms with van der Waals surface area (Å²) in [6.45, 7) is 8.25. The molecule has 0 bridgehead atoms. The van der Waals surface area contributed by atoms with E-state index in [1.54, 1.807) is 0 Å². The van der Waals surface area contributed by atoms with E-state index < -0.39 is 0 Å². The normalized spacial score (nSPS) is 38.0. The van der Waals surface area contributed by atoms with Crippen LogP contribution in [0.5, 0.6) is 0 Å². The molecule has 17 heavy (non-hydrogen) atoms. The first-order valence-electron chi connectivity index (χ1n) is 6.62. The number of ether oxygens (including phenoxy) is 1. The van der Waals surface area contributed by atoms with E-state index in [1.807, 2.05) is 6.92 Å². The van der Waals surface area contributed by atoms with Gasteiger partial charge in [-0.2, -0.15) is 0 Å². The monoisotopic (exact) mass is 234 g/mol. The van der Waals surface area contributed by atoms with Gasteiger partial charge in [-0.3, -0.25) is 4.79 Å². The predicted octanol–water partition coefficient (Wildman–Crippen LogP) is 3.63. The van der Waals surface area contributed by atoms with Crippen molar-refractivity contribution in [3.63, 3.8) is 0 Å². The van der Waals surface area contributed by atoms with Gasteiger partial charge in [0, 0.05) is 5.92 Å². The second-order valence-corrected chi connectivity index (χ2v) is 5.51. The Labute approximate surface area is 104 Å². The number of carbonyl (C=O) groups excluding carboxylic acids is 1. The van der Waals surface area contributed by atoms with Gasteiger partial charge in [-0.1, -0.05) is 24.6 Å². The molecule has 1 aliphatic carbocycles. The number of hydrogen-bond acceptors (Lipinski definition) is 2. The van der Waals surface area contributed by atoms with Gasteiger partial charge in [0.15, 0.2) is 0 Å². The number of hydrogen-bond donors (Lipinski definition) is 0. The van der Waals surface area contributed by atoms with E-state index in [4.69, 9.17) is 4.74 Å². The van der Waals surface area contributed by atoms with Crippen LogP contribution in [0.3, 0.4) is 0 Å². The second-order valence-electron chi connectivity index (χ2n) is 5.51. The van der Waals surface area contributed by atoms with Gasteiger partial charge in [-0.25, -0.2) is 0 Å². The van der Waals surface area contributed by atoms with Crippen molar-refractivity contribution in [2.24, 2.45) is 11.8 Å². The van der Waals surface area contributed by atoms with E-state index in [1.165, 1.54) is 17.6 Å². The highest BCUT2D eigenvalue weighted by Gasteiger charge is 2.40. The molecule has 2 heteroatoms. The summed E-state index contributed by atoms with van der Waals surface area (Å²) in [4.78, 5) is 11.7. The van der Waals surface area contributed by atoms with Crippen molar-refractivity contribution >= 4 is 5.97 Å². The van der Waals surface area contributed by atoms with Gasteiger partial charge in [-0.05, 0) is 45.1 Å². The Hall–Kier alpha value is -1.05. The van der Waals surface area contributed by atoms with Crippen molar-refractivity contribution in [1.29, 1.82) is 0 Å². The average Bonchev–Trinajstić information content (AvgIpc) is 2.52. The summed E-state index contributed by atoms with van der Waals surface area (Å²) in [6, 6.07) is 0.